The molecule has 0 saturated carbocycles. The monoisotopic (exact) mass is 267 g/mol. The highest BCUT2D eigenvalue weighted by atomic mass is 32.1. The van der Waals surface area contributed by atoms with Crippen molar-refractivity contribution in [3.63, 3.8) is 0 Å². The fourth-order valence-electron chi connectivity index (χ4n) is 1.31. The van der Waals surface area contributed by atoms with Gasteiger partial charge < -0.3 is 4.74 Å². The van der Waals surface area contributed by atoms with E-state index in [1.165, 1.54) is 17.5 Å². The maximum absolute atomic E-state index is 13.5. The van der Waals surface area contributed by atoms with Gasteiger partial charge >= 0.3 is 5.69 Å². The van der Waals surface area contributed by atoms with E-state index < -0.39 is 22.2 Å². The number of carbonyl (C=O) groups is 1. The number of carbonyl (C=O) groups excluding carboxylic acids is 1. The number of hydrogen-bond donors (Lipinski definition) is 0. The van der Waals surface area contributed by atoms with Crippen molar-refractivity contribution < 1.29 is 18.8 Å². The van der Waals surface area contributed by atoms with Gasteiger partial charge in [-0.1, -0.05) is 6.07 Å². The maximum atomic E-state index is 13.5. The third kappa shape index (κ3) is 2.35. The molecule has 0 atom stereocenters. The molecule has 5 nitrogen and oxygen atoms in total. The molecular weight excluding hydrogens is 261 g/mol. The van der Waals surface area contributed by atoms with Gasteiger partial charge in [-0.3, -0.25) is 14.9 Å². The maximum Gasteiger partial charge on any atom is 0.314 e. The zero-order valence-electron chi connectivity index (χ0n) is 8.83. The van der Waals surface area contributed by atoms with Gasteiger partial charge in [0.05, 0.1) is 9.80 Å². The van der Waals surface area contributed by atoms with Gasteiger partial charge in [-0.25, -0.2) is 4.39 Å². The molecule has 7 heteroatoms. The van der Waals surface area contributed by atoms with E-state index >= 15 is 0 Å². The molecule has 0 aliphatic rings. The summed E-state index contributed by atoms with van der Waals surface area (Å²) in [5, 5.41) is 12.2. The Kier molecular flexibility index (Phi) is 3.33. The topological polar surface area (TPSA) is 69.4 Å². The average Bonchev–Trinajstić information content (AvgIpc) is 2.79. The smallest absolute Gasteiger partial charge is 0.314 e. The Bertz CT molecular complexity index is 611. The molecule has 1 aromatic heterocycles. The molecule has 0 spiro atoms. The van der Waals surface area contributed by atoms with Crippen molar-refractivity contribution in [2.45, 2.75) is 0 Å². The number of nitro groups is 1. The van der Waals surface area contributed by atoms with Gasteiger partial charge in [0.15, 0.2) is 12.1 Å². The molecule has 92 valence electrons. The second kappa shape index (κ2) is 4.92. The zero-order valence-corrected chi connectivity index (χ0v) is 9.65. The van der Waals surface area contributed by atoms with E-state index in [0.29, 0.717) is 11.2 Å². The average molecular weight is 267 g/mol. The summed E-state index contributed by atoms with van der Waals surface area (Å²) in [6, 6.07) is 4.82. The van der Waals surface area contributed by atoms with E-state index in [-0.39, 0.29) is 5.75 Å². The minimum absolute atomic E-state index is 0.190. The van der Waals surface area contributed by atoms with E-state index in [4.69, 9.17) is 4.74 Å². The Morgan fingerprint density at radius 1 is 1.44 bits per heavy atom. The lowest BCUT2D eigenvalue weighted by Crippen LogP contribution is -1.95. The zero-order chi connectivity index (χ0) is 13.1. The number of nitrogens with zero attached hydrogens (tertiary/aromatic N) is 1. The Balaban J connectivity index is 2.38. The van der Waals surface area contributed by atoms with E-state index in [9.17, 15) is 19.3 Å². The number of thiophene rings is 1. The van der Waals surface area contributed by atoms with Crippen LogP contribution in [0.2, 0.25) is 0 Å². The van der Waals surface area contributed by atoms with E-state index in [2.05, 4.69) is 0 Å². The number of ether oxygens (including phenoxy) is 1. The Morgan fingerprint density at radius 3 is 2.83 bits per heavy atom. The predicted molar refractivity (Wildman–Crippen MR) is 62.8 cm³/mol. The first-order chi connectivity index (χ1) is 8.61. The highest BCUT2D eigenvalue weighted by Gasteiger charge is 2.20. The number of nitro benzene ring substituents is 1. The largest absolute Gasteiger partial charge is 0.446 e. The van der Waals surface area contributed by atoms with Gasteiger partial charge in [0, 0.05) is 17.5 Å². The van der Waals surface area contributed by atoms with Crippen molar-refractivity contribution in [3.8, 4) is 11.5 Å². The van der Waals surface area contributed by atoms with Crippen LogP contribution in [-0.4, -0.2) is 11.2 Å². The highest BCUT2D eigenvalue weighted by Crippen LogP contribution is 2.35. The van der Waals surface area contributed by atoms with Crippen LogP contribution in [-0.2, 0) is 0 Å². The van der Waals surface area contributed by atoms with Crippen LogP contribution in [0.3, 0.4) is 0 Å². The van der Waals surface area contributed by atoms with Crippen molar-refractivity contribution in [2.75, 3.05) is 0 Å². The lowest BCUT2D eigenvalue weighted by Gasteiger charge is -2.04. The van der Waals surface area contributed by atoms with Crippen LogP contribution < -0.4 is 4.74 Å². The number of halogens is 1. The first-order valence-corrected chi connectivity index (χ1v) is 5.64. The van der Waals surface area contributed by atoms with Crippen LogP contribution in [0.25, 0.3) is 0 Å². The molecule has 2 aromatic rings. The molecule has 0 radical (unpaired) electrons. The molecule has 0 bridgehead atoms. The molecular formula is C11H6FNO4S. The van der Waals surface area contributed by atoms with Gasteiger partial charge in [-0.05, 0) is 6.07 Å². The third-order valence-corrected chi connectivity index (χ3v) is 2.91. The summed E-state index contributed by atoms with van der Waals surface area (Å²) in [6.45, 7) is 0. The number of para-hydroxylation sites is 1. The lowest BCUT2D eigenvalue weighted by molar-refractivity contribution is -0.385. The fourth-order valence-corrected chi connectivity index (χ4v) is 1.92. The minimum atomic E-state index is -0.831. The number of aldehydes is 1. The molecule has 0 aliphatic heterocycles. The molecule has 2 rings (SSSR count). The summed E-state index contributed by atoms with van der Waals surface area (Å²) in [5.74, 6) is -1.10. The van der Waals surface area contributed by atoms with Crippen molar-refractivity contribution in [3.05, 3.63) is 50.5 Å². The summed E-state index contributed by atoms with van der Waals surface area (Å²) in [7, 11) is 0. The predicted octanol–water partition coefficient (Wildman–Crippen LogP) is 3.40. The third-order valence-electron chi connectivity index (χ3n) is 2.07. The molecule has 18 heavy (non-hydrogen) atoms. The van der Waals surface area contributed by atoms with E-state index in [0.717, 1.165) is 23.5 Å². The first kappa shape index (κ1) is 12.2. The normalized spacial score (nSPS) is 10.1. The SMILES string of the molecule is O=Cc1cc(Oc2c(F)cccc2[N+](=O)[O-])cs1. The van der Waals surface area contributed by atoms with E-state index in [1.807, 2.05) is 0 Å². The molecule has 0 saturated heterocycles. The molecule has 0 fully saturated rings. The molecule has 1 heterocycles. The van der Waals surface area contributed by atoms with Crippen molar-refractivity contribution in [1.29, 1.82) is 0 Å². The Labute approximate surface area is 105 Å². The van der Waals surface area contributed by atoms with Crippen LogP contribution in [0.15, 0.2) is 29.6 Å². The number of benzene rings is 1. The minimum Gasteiger partial charge on any atom is -0.446 e. The number of rotatable bonds is 4. The van der Waals surface area contributed by atoms with Gasteiger partial charge in [0.25, 0.3) is 0 Å². The Hall–Kier alpha value is -2.28. The van der Waals surface area contributed by atoms with Gasteiger partial charge in [0.1, 0.15) is 5.75 Å². The summed E-state index contributed by atoms with van der Waals surface area (Å²) >= 11 is 1.10. The first-order valence-electron chi connectivity index (χ1n) is 4.76. The van der Waals surface area contributed by atoms with Crippen molar-refractivity contribution in [2.24, 2.45) is 0 Å². The number of hydrogen-bond acceptors (Lipinski definition) is 5. The van der Waals surface area contributed by atoms with Crippen LogP contribution in [0.4, 0.5) is 10.1 Å². The van der Waals surface area contributed by atoms with Crippen LogP contribution in [0.5, 0.6) is 11.5 Å². The van der Waals surface area contributed by atoms with Crippen LogP contribution >= 0.6 is 11.3 Å². The van der Waals surface area contributed by atoms with E-state index in [1.54, 1.807) is 0 Å². The second-order valence-electron chi connectivity index (χ2n) is 3.25. The summed E-state index contributed by atoms with van der Waals surface area (Å²) in [4.78, 5) is 20.9. The molecule has 0 N–H and O–H groups in total. The van der Waals surface area contributed by atoms with Gasteiger partial charge in [-0.15, -0.1) is 11.3 Å². The second-order valence-corrected chi connectivity index (χ2v) is 4.19. The molecule has 0 aliphatic carbocycles. The standard InChI is InChI=1S/C11H6FNO4S/c12-9-2-1-3-10(13(15)16)11(9)17-7-4-8(5-14)18-6-7/h1-6H. The fraction of sp³-hybridized carbons (Fsp3) is 0. The summed E-state index contributed by atoms with van der Waals surface area (Å²) in [5.41, 5.74) is -0.464. The Morgan fingerprint density at radius 2 is 2.22 bits per heavy atom. The van der Waals surface area contributed by atoms with Gasteiger partial charge in [0.2, 0.25) is 5.75 Å². The van der Waals surface area contributed by atoms with Crippen molar-refractivity contribution in [1.82, 2.24) is 0 Å². The lowest BCUT2D eigenvalue weighted by atomic mass is 10.3. The van der Waals surface area contributed by atoms with Crippen LogP contribution in [0, 0.1) is 15.9 Å². The summed E-state index contributed by atoms with van der Waals surface area (Å²) < 4.78 is 18.6. The highest BCUT2D eigenvalue weighted by molar-refractivity contribution is 7.11. The van der Waals surface area contributed by atoms with Gasteiger partial charge in [-0.2, -0.15) is 0 Å². The van der Waals surface area contributed by atoms with Crippen LogP contribution in [0.1, 0.15) is 9.67 Å². The molecule has 0 unspecified atom stereocenters. The van der Waals surface area contributed by atoms with Crippen molar-refractivity contribution >= 4 is 23.3 Å². The summed E-state index contributed by atoms with van der Waals surface area (Å²) in [6.07, 6.45) is 0.618. The quantitative estimate of drug-likeness (QED) is 0.483. The molecule has 0 amide bonds. The molecule has 1 aromatic carbocycles.